The quantitative estimate of drug-likeness (QED) is 0.0612. The van der Waals surface area contributed by atoms with Crippen molar-refractivity contribution in [2.75, 3.05) is 6.54 Å². The van der Waals surface area contributed by atoms with E-state index < -0.39 is 54.0 Å². The highest BCUT2D eigenvalue weighted by molar-refractivity contribution is 5.94. The van der Waals surface area contributed by atoms with Gasteiger partial charge < -0.3 is 48.3 Å². The predicted octanol–water partition coefficient (Wildman–Crippen LogP) is -2.70. The van der Waals surface area contributed by atoms with E-state index in [-0.39, 0.29) is 37.7 Å². The van der Waals surface area contributed by atoms with Crippen LogP contribution in [0.2, 0.25) is 0 Å². The van der Waals surface area contributed by atoms with E-state index >= 15 is 0 Å². The number of rotatable bonds is 16. The number of nitrogens with one attached hydrogen (secondary N) is 4. The first-order chi connectivity index (χ1) is 17.4. The van der Waals surface area contributed by atoms with Gasteiger partial charge in [-0.15, -0.1) is 0 Å². The van der Waals surface area contributed by atoms with Crippen LogP contribution < -0.4 is 33.2 Å². The minimum atomic E-state index is -1.41. The third-order valence-electron chi connectivity index (χ3n) is 5.79. The van der Waals surface area contributed by atoms with Crippen molar-refractivity contribution in [3.8, 4) is 0 Å². The van der Waals surface area contributed by atoms with E-state index in [1.54, 1.807) is 6.92 Å². The number of aliphatic hydroxyl groups is 1. The molecule has 6 atom stereocenters. The van der Waals surface area contributed by atoms with Crippen LogP contribution in [-0.2, 0) is 25.6 Å². The molecule has 1 rings (SSSR count). The van der Waals surface area contributed by atoms with Crippen molar-refractivity contribution in [3.05, 3.63) is 18.2 Å². The monoisotopic (exact) mass is 525 g/mol. The molecule has 1 heterocycles. The van der Waals surface area contributed by atoms with E-state index in [0.717, 1.165) is 0 Å². The predicted molar refractivity (Wildman–Crippen MR) is 135 cm³/mol. The first-order valence-corrected chi connectivity index (χ1v) is 12.0. The van der Waals surface area contributed by atoms with Gasteiger partial charge in [-0.2, -0.15) is 0 Å². The number of aliphatic carboxylic acids is 1. The number of nitrogens with zero attached hydrogens (tertiary/aromatic N) is 2. The summed E-state index contributed by atoms with van der Waals surface area (Å²) in [6, 6.07) is -4.84. The minimum absolute atomic E-state index is 0.0302. The molecule has 1 aromatic heterocycles. The maximum Gasteiger partial charge on any atom is 0.326 e. The molecule has 208 valence electrons. The van der Waals surface area contributed by atoms with Crippen molar-refractivity contribution >= 4 is 29.7 Å². The lowest BCUT2D eigenvalue weighted by Crippen LogP contribution is -2.60. The SMILES string of the molecule is CCC(C)C(N)C(=O)NC(C(=O)NC(Cc1cnc[nH]1)C(=O)NC(CCCN=C(N)N)C(=O)O)C(C)O. The molecule has 0 saturated heterocycles. The largest absolute Gasteiger partial charge is 0.480 e. The van der Waals surface area contributed by atoms with Crippen molar-refractivity contribution in [1.29, 1.82) is 0 Å². The lowest BCUT2D eigenvalue weighted by Gasteiger charge is -2.27. The average Bonchev–Trinajstić information content (AvgIpc) is 3.35. The van der Waals surface area contributed by atoms with Crippen LogP contribution in [0.4, 0.5) is 0 Å². The Kier molecular flexibility index (Phi) is 13.0. The Balaban J connectivity index is 3.01. The van der Waals surface area contributed by atoms with Crippen molar-refractivity contribution < 1.29 is 29.4 Å². The molecule has 0 aliphatic rings. The highest BCUT2D eigenvalue weighted by Gasteiger charge is 2.33. The molecule has 0 aromatic carbocycles. The third-order valence-corrected chi connectivity index (χ3v) is 5.79. The highest BCUT2D eigenvalue weighted by Crippen LogP contribution is 2.08. The molecular formula is C22H39N9O6. The second-order valence-electron chi connectivity index (χ2n) is 8.83. The summed E-state index contributed by atoms with van der Waals surface area (Å²) < 4.78 is 0. The van der Waals surface area contributed by atoms with Gasteiger partial charge in [-0.25, -0.2) is 9.78 Å². The summed E-state index contributed by atoms with van der Waals surface area (Å²) >= 11 is 0. The zero-order valence-electron chi connectivity index (χ0n) is 21.3. The maximum absolute atomic E-state index is 13.1. The number of nitrogens with two attached hydrogens (primary N) is 3. The van der Waals surface area contributed by atoms with E-state index in [2.05, 4.69) is 30.9 Å². The number of imidazole rings is 1. The smallest absolute Gasteiger partial charge is 0.326 e. The number of carboxylic acid groups (broad SMARTS) is 1. The van der Waals surface area contributed by atoms with E-state index in [0.29, 0.717) is 12.1 Å². The van der Waals surface area contributed by atoms with Crippen LogP contribution in [-0.4, -0.2) is 86.6 Å². The number of aliphatic hydroxyl groups excluding tert-OH is 1. The normalized spacial score (nSPS) is 15.8. The van der Waals surface area contributed by atoms with Gasteiger partial charge in [-0.1, -0.05) is 20.3 Å². The number of carboxylic acids is 1. The average molecular weight is 526 g/mol. The van der Waals surface area contributed by atoms with Crippen molar-refractivity contribution in [3.63, 3.8) is 0 Å². The van der Waals surface area contributed by atoms with Gasteiger partial charge in [0.25, 0.3) is 0 Å². The van der Waals surface area contributed by atoms with Gasteiger partial charge in [0.2, 0.25) is 17.7 Å². The molecule has 1 aromatic rings. The van der Waals surface area contributed by atoms with Gasteiger partial charge in [-0.3, -0.25) is 19.4 Å². The van der Waals surface area contributed by atoms with Crippen molar-refractivity contribution in [1.82, 2.24) is 25.9 Å². The van der Waals surface area contributed by atoms with Crippen LogP contribution in [0.15, 0.2) is 17.5 Å². The molecule has 6 unspecified atom stereocenters. The zero-order valence-corrected chi connectivity index (χ0v) is 21.3. The Morgan fingerprint density at radius 2 is 1.73 bits per heavy atom. The molecule has 0 saturated carbocycles. The number of amides is 3. The van der Waals surface area contributed by atoms with E-state index in [4.69, 9.17) is 17.2 Å². The molecule has 37 heavy (non-hydrogen) atoms. The molecule has 3 amide bonds. The second-order valence-corrected chi connectivity index (χ2v) is 8.83. The van der Waals surface area contributed by atoms with Crippen molar-refractivity contribution in [2.45, 2.75) is 76.7 Å². The fourth-order valence-electron chi connectivity index (χ4n) is 3.29. The number of guanidine groups is 1. The number of H-pyrrole nitrogens is 1. The van der Waals surface area contributed by atoms with Gasteiger partial charge in [0.1, 0.15) is 18.1 Å². The molecule has 0 bridgehead atoms. The molecule has 0 aliphatic heterocycles. The lowest BCUT2D eigenvalue weighted by atomic mass is 9.98. The van der Waals surface area contributed by atoms with Gasteiger partial charge >= 0.3 is 5.97 Å². The van der Waals surface area contributed by atoms with Crippen LogP contribution in [0.3, 0.4) is 0 Å². The van der Waals surface area contributed by atoms with E-state index in [9.17, 15) is 29.4 Å². The molecule has 15 nitrogen and oxygen atoms in total. The highest BCUT2D eigenvalue weighted by atomic mass is 16.4. The van der Waals surface area contributed by atoms with Crippen LogP contribution >= 0.6 is 0 Å². The fourth-order valence-corrected chi connectivity index (χ4v) is 3.29. The first kappa shape index (κ1) is 31.3. The number of hydrogen-bond acceptors (Lipinski definition) is 8. The van der Waals surface area contributed by atoms with Crippen LogP contribution in [0, 0.1) is 5.92 Å². The Morgan fingerprint density at radius 3 is 2.24 bits per heavy atom. The third kappa shape index (κ3) is 10.8. The summed E-state index contributed by atoms with van der Waals surface area (Å²) in [4.78, 5) is 60.8. The number of carbonyl (C=O) groups is 4. The summed E-state index contributed by atoms with van der Waals surface area (Å²) in [6.45, 7) is 5.12. The summed E-state index contributed by atoms with van der Waals surface area (Å²) in [5.74, 6) is -3.85. The number of carbonyl (C=O) groups excluding carboxylic acids is 3. The molecule has 0 fully saturated rings. The summed E-state index contributed by atoms with van der Waals surface area (Å²) in [5, 5.41) is 27.0. The first-order valence-electron chi connectivity index (χ1n) is 12.0. The number of aliphatic imine (C=N–C) groups is 1. The number of aromatic amines is 1. The van der Waals surface area contributed by atoms with Gasteiger partial charge in [0.15, 0.2) is 5.96 Å². The number of aromatic nitrogens is 2. The standard InChI is InChI=1S/C22H39N9O6/c1-4-11(2)16(23)19(34)31-17(12(3)32)20(35)30-15(8-13-9-26-10-28-13)18(33)29-14(21(36)37)6-5-7-27-22(24)25/h9-12,14-17,32H,4-8,23H2,1-3H3,(H,26,28)(H,29,33)(H,30,35)(H,31,34)(H,36,37)(H4,24,25,27). The molecule has 0 spiro atoms. The molecule has 12 N–H and O–H groups in total. The minimum Gasteiger partial charge on any atom is -0.480 e. The Morgan fingerprint density at radius 1 is 1.08 bits per heavy atom. The maximum atomic E-state index is 13.1. The molecule has 15 heteroatoms. The Labute approximate surface area is 215 Å². The topological polar surface area (TPSA) is 264 Å². The van der Waals surface area contributed by atoms with Gasteiger partial charge in [0, 0.05) is 24.9 Å². The number of hydrogen-bond donors (Lipinski definition) is 9. The van der Waals surface area contributed by atoms with E-state index in [1.807, 2.05) is 6.92 Å². The Hall–Kier alpha value is -3.72. The van der Waals surface area contributed by atoms with Gasteiger partial charge in [0.05, 0.1) is 18.5 Å². The van der Waals surface area contributed by atoms with E-state index in [1.165, 1.54) is 19.4 Å². The summed E-state index contributed by atoms with van der Waals surface area (Å²) in [7, 11) is 0. The summed E-state index contributed by atoms with van der Waals surface area (Å²) in [6.07, 6.45) is 2.38. The van der Waals surface area contributed by atoms with Crippen LogP contribution in [0.1, 0.15) is 45.7 Å². The second kappa shape index (κ2) is 15.4. The molecule has 0 aliphatic carbocycles. The molecule has 0 radical (unpaired) electrons. The zero-order chi connectivity index (χ0) is 28.1. The lowest BCUT2D eigenvalue weighted by molar-refractivity contribution is -0.142. The van der Waals surface area contributed by atoms with Gasteiger partial charge in [-0.05, 0) is 25.7 Å². The Bertz CT molecular complexity index is 918. The summed E-state index contributed by atoms with van der Waals surface area (Å²) in [5.41, 5.74) is 16.9. The van der Waals surface area contributed by atoms with Crippen LogP contribution in [0.5, 0.6) is 0 Å². The molecular weight excluding hydrogens is 486 g/mol. The van der Waals surface area contributed by atoms with Crippen LogP contribution in [0.25, 0.3) is 0 Å². The van der Waals surface area contributed by atoms with Crippen molar-refractivity contribution in [2.24, 2.45) is 28.1 Å². The fraction of sp³-hybridized carbons (Fsp3) is 0.636.